The lowest BCUT2D eigenvalue weighted by Gasteiger charge is -2.38. The van der Waals surface area contributed by atoms with Crippen LogP contribution in [-0.4, -0.2) is 47.8 Å². The largest absolute Gasteiger partial charge is 0.298 e. The molecule has 0 atom stereocenters. The molecule has 3 nitrogen and oxygen atoms in total. The smallest absolute Gasteiger partial charge is 0.160 e. The molecule has 0 aromatic heterocycles. The number of hydrogen-bond donors (Lipinski definition) is 0. The van der Waals surface area contributed by atoms with Gasteiger partial charge in [0.15, 0.2) is 5.78 Å². The van der Waals surface area contributed by atoms with E-state index in [4.69, 9.17) is 0 Å². The third-order valence-electron chi connectivity index (χ3n) is 6.11. The van der Waals surface area contributed by atoms with Crippen molar-refractivity contribution in [3.05, 3.63) is 33.9 Å². The number of nitrogens with zero attached hydrogens (tertiary/aromatic N) is 2. The van der Waals surface area contributed by atoms with Crippen LogP contribution in [0.5, 0.6) is 0 Å². The van der Waals surface area contributed by atoms with Gasteiger partial charge in [0.05, 0.1) is 0 Å². The van der Waals surface area contributed by atoms with Crippen LogP contribution in [0.3, 0.4) is 0 Å². The predicted octanol–water partition coefficient (Wildman–Crippen LogP) is 3.87. The molecule has 0 radical (unpaired) electrons. The zero-order valence-electron chi connectivity index (χ0n) is 15.8. The Balaban J connectivity index is 1.68. The van der Waals surface area contributed by atoms with Crippen molar-refractivity contribution in [3.63, 3.8) is 0 Å². The van der Waals surface area contributed by atoms with E-state index in [0.717, 1.165) is 36.8 Å². The Morgan fingerprint density at radius 2 is 1.67 bits per heavy atom. The summed E-state index contributed by atoms with van der Waals surface area (Å²) in [5.74, 6) is 0.192. The minimum absolute atomic E-state index is 0.192. The molecule has 2 fully saturated rings. The minimum Gasteiger partial charge on any atom is -0.298 e. The van der Waals surface area contributed by atoms with Crippen molar-refractivity contribution < 1.29 is 4.79 Å². The van der Waals surface area contributed by atoms with Gasteiger partial charge in [-0.3, -0.25) is 14.6 Å². The molecule has 132 valence electrons. The molecule has 3 rings (SSSR count). The van der Waals surface area contributed by atoms with Crippen molar-refractivity contribution in [1.82, 2.24) is 9.80 Å². The van der Waals surface area contributed by atoms with Crippen molar-refractivity contribution in [2.75, 3.05) is 26.2 Å². The highest BCUT2D eigenvalue weighted by molar-refractivity contribution is 5.97. The molecule has 1 saturated heterocycles. The van der Waals surface area contributed by atoms with Crippen LogP contribution >= 0.6 is 0 Å². The van der Waals surface area contributed by atoms with Gasteiger partial charge in [-0.05, 0) is 62.8 Å². The molecule has 0 bridgehead atoms. The second kappa shape index (κ2) is 7.37. The van der Waals surface area contributed by atoms with E-state index in [1.165, 1.54) is 55.5 Å². The molecule has 0 unspecified atom stereocenters. The van der Waals surface area contributed by atoms with Crippen LogP contribution in [0, 0.1) is 20.8 Å². The Bertz CT molecular complexity index is 609. The highest BCUT2D eigenvalue weighted by atomic mass is 16.1. The average molecular weight is 329 g/mol. The first-order chi connectivity index (χ1) is 11.5. The molecule has 1 saturated carbocycles. The number of benzene rings is 1. The first-order valence-electron chi connectivity index (χ1n) is 9.54. The number of rotatable bonds is 4. The number of carbonyl (C=O) groups excluding carboxylic acids is 1. The zero-order valence-corrected chi connectivity index (χ0v) is 15.8. The summed E-state index contributed by atoms with van der Waals surface area (Å²) in [6.45, 7) is 13.8. The third kappa shape index (κ3) is 3.57. The summed E-state index contributed by atoms with van der Waals surface area (Å²) >= 11 is 0. The monoisotopic (exact) mass is 328 g/mol. The SMILES string of the molecule is CC(=O)c1c(C)cc(C)c(CN2CCN(C3CCCC3)CC2)c1C. The summed E-state index contributed by atoms with van der Waals surface area (Å²) in [5.41, 5.74) is 5.93. The van der Waals surface area contributed by atoms with E-state index < -0.39 is 0 Å². The van der Waals surface area contributed by atoms with Crippen LogP contribution in [0.15, 0.2) is 6.07 Å². The first-order valence-corrected chi connectivity index (χ1v) is 9.54. The van der Waals surface area contributed by atoms with Crippen LogP contribution < -0.4 is 0 Å². The molecule has 1 heterocycles. The topological polar surface area (TPSA) is 23.6 Å². The number of hydrogen-bond acceptors (Lipinski definition) is 3. The zero-order chi connectivity index (χ0) is 17.3. The molecule has 0 N–H and O–H groups in total. The van der Waals surface area contributed by atoms with Crippen molar-refractivity contribution in [1.29, 1.82) is 0 Å². The van der Waals surface area contributed by atoms with Gasteiger partial charge in [-0.2, -0.15) is 0 Å². The quantitative estimate of drug-likeness (QED) is 0.784. The van der Waals surface area contributed by atoms with Crippen molar-refractivity contribution >= 4 is 5.78 Å². The Labute approximate surface area is 147 Å². The van der Waals surface area contributed by atoms with Crippen LogP contribution in [0.4, 0.5) is 0 Å². The summed E-state index contributed by atoms with van der Waals surface area (Å²) in [6, 6.07) is 3.03. The molecule has 0 amide bonds. The second-order valence-electron chi connectivity index (χ2n) is 7.80. The normalized spacial score (nSPS) is 20.7. The number of Topliss-reactive ketones (excluding diaryl/α,β-unsaturated/α-hetero) is 1. The van der Waals surface area contributed by atoms with Crippen LogP contribution in [0.2, 0.25) is 0 Å². The minimum atomic E-state index is 0.192. The fourth-order valence-electron chi connectivity index (χ4n) is 4.79. The first kappa shape index (κ1) is 17.6. The number of aryl methyl sites for hydroxylation is 2. The molecule has 1 aromatic rings. The maximum atomic E-state index is 12.0. The van der Waals surface area contributed by atoms with Gasteiger partial charge < -0.3 is 0 Å². The van der Waals surface area contributed by atoms with Crippen molar-refractivity contribution in [2.45, 2.75) is 66.0 Å². The third-order valence-corrected chi connectivity index (χ3v) is 6.11. The number of piperazine rings is 1. The standard InChI is InChI=1S/C21H32N2O/c1-15-13-16(2)21(18(4)24)17(3)20(15)14-22-9-11-23(12-10-22)19-7-5-6-8-19/h13,19H,5-12,14H2,1-4H3. The summed E-state index contributed by atoms with van der Waals surface area (Å²) in [6.07, 6.45) is 5.64. The average Bonchev–Trinajstić information content (AvgIpc) is 3.06. The van der Waals surface area contributed by atoms with E-state index in [-0.39, 0.29) is 5.78 Å². The summed E-state index contributed by atoms with van der Waals surface area (Å²) < 4.78 is 0. The summed E-state index contributed by atoms with van der Waals surface area (Å²) in [5, 5.41) is 0. The summed E-state index contributed by atoms with van der Waals surface area (Å²) in [4.78, 5) is 17.3. The Morgan fingerprint density at radius 3 is 2.25 bits per heavy atom. The summed E-state index contributed by atoms with van der Waals surface area (Å²) in [7, 11) is 0. The molecule has 3 heteroatoms. The second-order valence-corrected chi connectivity index (χ2v) is 7.80. The Kier molecular flexibility index (Phi) is 5.41. The maximum absolute atomic E-state index is 12.0. The van der Waals surface area contributed by atoms with Gasteiger partial charge in [0.2, 0.25) is 0 Å². The van der Waals surface area contributed by atoms with Crippen molar-refractivity contribution in [2.24, 2.45) is 0 Å². The van der Waals surface area contributed by atoms with Crippen LogP contribution in [0.25, 0.3) is 0 Å². The fraction of sp³-hybridized carbons (Fsp3) is 0.667. The van der Waals surface area contributed by atoms with Gasteiger partial charge in [0, 0.05) is 44.3 Å². The highest BCUT2D eigenvalue weighted by Gasteiger charge is 2.26. The molecule has 1 aliphatic carbocycles. The molecule has 1 aliphatic heterocycles. The van der Waals surface area contributed by atoms with Crippen LogP contribution in [-0.2, 0) is 6.54 Å². The fourth-order valence-corrected chi connectivity index (χ4v) is 4.79. The van der Waals surface area contributed by atoms with Crippen LogP contribution in [0.1, 0.15) is 65.2 Å². The molecular formula is C21H32N2O. The van der Waals surface area contributed by atoms with Gasteiger partial charge in [-0.25, -0.2) is 0 Å². The maximum Gasteiger partial charge on any atom is 0.160 e. The van der Waals surface area contributed by atoms with Gasteiger partial charge in [-0.1, -0.05) is 18.9 Å². The van der Waals surface area contributed by atoms with E-state index in [1.54, 1.807) is 6.92 Å². The predicted molar refractivity (Wildman–Crippen MR) is 99.8 cm³/mol. The molecule has 2 aliphatic rings. The van der Waals surface area contributed by atoms with Gasteiger partial charge in [-0.15, -0.1) is 0 Å². The number of ketones is 1. The molecule has 1 aromatic carbocycles. The van der Waals surface area contributed by atoms with E-state index in [2.05, 4.69) is 36.6 Å². The molecule has 0 spiro atoms. The lowest BCUT2D eigenvalue weighted by Crippen LogP contribution is -2.49. The Morgan fingerprint density at radius 1 is 1.04 bits per heavy atom. The van der Waals surface area contributed by atoms with E-state index in [0.29, 0.717) is 0 Å². The van der Waals surface area contributed by atoms with Crippen molar-refractivity contribution in [3.8, 4) is 0 Å². The van der Waals surface area contributed by atoms with E-state index in [9.17, 15) is 4.79 Å². The van der Waals surface area contributed by atoms with E-state index in [1.807, 2.05) is 0 Å². The lowest BCUT2D eigenvalue weighted by molar-refractivity contribution is 0.0933. The number of carbonyl (C=O) groups is 1. The Hall–Kier alpha value is -1.19. The molecule has 24 heavy (non-hydrogen) atoms. The van der Waals surface area contributed by atoms with E-state index >= 15 is 0 Å². The van der Waals surface area contributed by atoms with Gasteiger partial charge in [0.1, 0.15) is 0 Å². The van der Waals surface area contributed by atoms with Gasteiger partial charge >= 0.3 is 0 Å². The van der Waals surface area contributed by atoms with Gasteiger partial charge in [0.25, 0.3) is 0 Å². The lowest BCUT2D eigenvalue weighted by atomic mass is 9.91. The highest BCUT2D eigenvalue weighted by Crippen LogP contribution is 2.27. The molecular weight excluding hydrogens is 296 g/mol.